The highest BCUT2D eigenvalue weighted by molar-refractivity contribution is 6.19. The Morgan fingerprint density at radius 1 is 0.375 bits per heavy atom. The first kappa shape index (κ1) is 32.0. The molecule has 11 aromatic rings. The second-order valence-corrected chi connectivity index (χ2v) is 14.3. The molecular formula is C53H34N2O. The molecule has 0 fully saturated rings. The average molecular weight is 715 g/mol. The van der Waals surface area contributed by atoms with E-state index in [1.54, 1.807) is 6.20 Å². The summed E-state index contributed by atoms with van der Waals surface area (Å²) < 4.78 is 6.58. The maximum absolute atomic E-state index is 6.58. The summed E-state index contributed by atoms with van der Waals surface area (Å²) in [5.74, 6) is 0. The largest absolute Gasteiger partial charge is 0.437 e. The molecule has 0 N–H and O–H groups in total. The van der Waals surface area contributed by atoms with Crippen LogP contribution in [-0.4, -0.2) is 4.98 Å². The van der Waals surface area contributed by atoms with Crippen molar-refractivity contribution >= 4 is 71.4 Å². The van der Waals surface area contributed by atoms with Gasteiger partial charge in [0.05, 0.1) is 5.69 Å². The molecular weight excluding hydrogens is 681 g/mol. The minimum atomic E-state index is 0.643. The van der Waals surface area contributed by atoms with Crippen LogP contribution in [0.5, 0.6) is 0 Å². The van der Waals surface area contributed by atoms with Gasteiger partial charge < -0.3 is 9.32 Å². The molecule has 0 aliphatic carbocycles. The third-order valence-electron chi connectivity index (χ3n) is 11.1. The molecule has 262 valence electrons. The molecule has 0 radical (unpaired) electrons. The second kappa shape index (κ2) is 13.1. The summed E-state index contributed by atoms with van der Waals surface area (Å²) in [5, 5.41) is 9.15. The Bertz CT molecular complexity index is 3230. The number of pyridine rings is 1. The first-order valence-electron chi connectivity index (χ1n) is 19.0. The maximum atomic E-state index is 6.58. The van der Waals surface area contributed by atoms with E-state index in [0.29, 0.717) is 5.71 Å². The van der Waals surface area contributed by atoms with Crippen LogP contribution in [-0.2, 0) is 0 Å². The lowest BCUT2D eigenvalue weighted by atomic mass is 9.89. The van der Waals surface area contributed by atoms with E-state index in [4.69, 9.17) is 4.42 Å². The second-order valence-electron chi connectivity index (χ2n) is 14.3. The van der Waals surface area contributed by atoms with Crippen LogP contribution in [0.2, 0.25) is 0 Å². The molecule has 0 saturated carbocycles. The number of hydrogen-bond acceptors (Lipinski definition) is 3. The van der Waals surface area contributed by atoms with Gasteiger partial charge in [0.2, 0.25) is 5.71 Å². The SMILES string of the molecule is c1ccc(-c2ccc3ccccc3c2-c2ccc(N(c3ccc(-c4cccc5ccccc45)cc3)c3cccc4ccc5c6cccnc6oc5c34)cc2)cc1. The number of anilines is 3. The minimum absolute atomic E-state index is 0.643. The fraction of sp³-hybridized carbons (Fsp3) is 0. The monoisotopic (exact) mass is 714 g/mol. The van der Waals surface area contributed by atoms with E-state index in [0.717, 1.165) is 44.2 Å². The lowest BCUT2D eigenvalue weighted by Crippen LogP contribution is -2.10. The van der Waals surface area contributed by atoms with Crippen molar-refractivity contribution in [2.24, 2.45) is 0 Å². The quantitative estimate of drug-likeness (QED) is 0.172. The molecule has 0 aliphatic rings. The predicted octanol–water partition coefficient (Wildman–Crippen LogP) is 14.9. The highest BCUT2D eigenvalue weighted by atomic mass is 16.3. The highest BCUT2D eigenvalue weighted by Crippen LogP contribution is 2.45. The van der Waals surface area contributed by atoms with Gasteiger partial charge in [0.25, 0.3) is 0 Å². The summed E-state index contributed by atoms with van der Waals surface area (Å²) in [7, 11) is 0. The maximum Gasteiger partial charge on any atom is 0.227 e. The number of aromatic nitrogens is 1. The normalized spacial score (nSPS) is 11.6. The lowest BCUT2D eigenvalue weighted by Gasteiger charge is -2.27. The lowest BCUT2D eigenvalue weighted by molar-refractivity contribution is 0.657. The fourth-order valence-corrected chi connectivity index (χ4v) is 8.52. The van der Waals surface area contributed by atoms with Crippen LogP contribution in [0.3, 0.4) is 0 Å². The van der Waals surface area contributed by atoms with Crippen LogP contribution in [0.4, 0.5) is 17.1 Å². The van der Waals surface area contributed by atoms with Gasteiger partial charge in [-0.3, -0.25) is 0 Å². The van der Waals surface area contributed by atoms with Gasteiger partial charge in [-0.15, -0.1) is 0 Å². The van der Waals surface area contributed by atoms with E-state index in [2.05, 4.69) is 204 Å². The van der Waals surface area contributed by atoms with E-state index >= 15 is 0 Å². The van der Waals surface area contributed by atoms with Crippen LogP contribution in [0.1, 0.15) is 0 Å². The zero-order valence-corrected chi connectivity index (χ0v) is 30.4. The number of furan rings is 1. The van der Waals surface area contributed by atoms with E-state index < -0.39 is 0 Å². The minimum Gasteiger partial charge on any atom is -0.437 e. The number of benzene rings is 9. The van der Waals surface area contributed by atoms with E-state index in [1.807, 2.05) is 6.07 Å². The Hall–Kier alpha value is -7.49. The third kappa shape index (κ3) is 5.25. The molecule has 2 aromatic heterocycles. The highest BCUT2D eigenvalue weighted by Gasteiger charge is 2.21. The number of fused-ring (bicyclic) bond motifs is 7. The summed E-state index contributed by atoms with van der Waals surface area (Å²) in [6.45, 7) is 0. The van der Waals surface area contributed by atoms with Gasteiger partial charge in [-0.25, -0.2) is 4.98 Å². The first-order chi connectivity index (χ1) is 27.8. The van der Waals surface area contributed by atoms with Crippen LogP contribution >= 0.6 is 0 Å². The third-order valence-corrected chi connectivity index (χ3v) is 11.1. The summed E-state index contributed by atoms with van der Waals surface area (Å²) in [4.78, 5) is 6.95. The molecule has 11 rings (SSSR count). The van der Waals surface area contributed by atoms with Gasteiger partial charge in [-0.2, -0.15) is 0 Å². The van der Waals surface area contributed by atoms with Gasteiger partial charge in [0, 0.05) is 33.7 Å². The fourth-order valence-electron chi connectivity index (χ4n) is 8.52. The predicted molar refractivity (Wildman–Crippen MR) is 235 cm³/mol. The van der Waals surface area contributed by atoms with Crippen LogP contribution in [0, 0.1) is 0 Å². The van der Waals surface area contributed by atoms with Crippen molar-refractivity contribution in [3.05, 3.63) is 206 Å². The standard InChI is InChI=1S/C53H34N2O/c1-2-11-36(12-3-1)46-32-26-37-14-5-7-18-45(37)50(46)40-24-30-42(31-25-40)55(41-28-22-38(23-29-41)44-19-8-15-35-13-4-6-17-43(35)44)49-21-9-16-39-27-33-47-48-20-10-34-54-53(48)56-52(47)51(39)49/h1-34H. The first-order valence-corrected chi connectivity index (χ1v) is 19.0. The van der Waals surface area contributed by atoms with E-state index in [-0.39, 0.29) is 0 Å². The van der Waals surface area contributed by atoms with Crippen molar-refractivity contribution in [2.45, 2.75) is 0 Å². The van der Waals surface area contributed by atoms with Crippen LogP contribution in [0.15, 0.2) is 211 Å². The van der Waals surface area contributed by atoms with Crippen molar-refractivity contribution in [3.63, 3.8) is 0 Å². The molecule has 0 bridgehead atoms. The van der Waals surface area contributed by atoms with Crippen molar-refractivity contribution in [2.75, 3.05) is 4.90 Å². The van der Waals surface area contributed by atoms with Gasteiger partial charge in [-0.05, 0) is 109 Å². The van der Waals surface area contributed by atoms with Crippen molar-refractivity contribution in [1.82, 2.24) is 4.98 Å². The summed E-state index contributed by atoms with van der Waals surface area (Å²) in [5.41, 5.74) is 11.8. The number of hydrogen-bond donors (Lipinski definition) is 0. The molecule has 0 amide bonds. The summed E-state index contributed by atoms with van der Waals surface area (Å²) in [6, 6.07) is 71.9. The Balaban J connectivity index is 1.11. The Morgan fingerprint density at radius 3 is 1.79 bits per heavy atom. The zero-order valence-electron chi connectivity index (χ0n) is 30.4. The average Bonchev–Trinajstić information content (AvgIpc) is 3.66. The Labute approximate surface area is 324 Å². The van der Waals surface area contributed by atoms with Crippen LogP contribution in [0.25, 0.3) is 87.8 Å². The zero-order chi connectivity index (χ0) is 37.0. The molecule has 0 saturated heterocycles. The smallest absolute Gasteiger partial charge is 0.227 e. The number of rotatable bonds is 6. The summed E-state index contributed by atoms with van der Waals surface area (Å²) in [6.07, 6.45) is 1.79. The van der Waals surface area contributed by atoms with Crippen LogP contribution < -0.4 is 4.90 Å². The molecule has 9 aromatic carbocycles. The van der Waals surface area contributed by atoms with Crippen molar-refractivity contribution in [3.8, 4) is 33.4 Å². The van der Waals surface area contributed by atoms with Gasteiger partial charge >= 0.3 is 0 Å². The molecule has 56 heavy (non-hydrogen) atoms. The van der Waals surface area contributed by atoms with E-state index in [9.17, 15) is 0 Å². The number of nitrogens with zero attached hydrogens (tertiary/aromatic N) is 2. The molecule has 0 unspecified atom stereocenters. The topological polar surface area (TPSA) is 29.3 Å². The summed E-state index contributed by atoms with van der Waals surface area (Å²) >= 11 is 0. The molecule has 0 atom stereocenters. The van der Waals surface area contributed by atoms with Crippen molar-refractivity contribution < 1.29 is 4.42 Å². The van der Waals surface area contributed by atoms with Gasteiger partial charge in [0.1, 0.15) is 5.58 Å². The van der Waals surface area contributed by atoms with Gasteiger partial charge in [-0.1, -0.05) is 152 Å². The van der Waals surface area contributed by atoms with Gasteiger partial charge in [0.15, 0.2) is 0 Å². The van der Waals surface area contributed by atoms with E-state index in [1.165, 1.54) is 54.9 Å². The molecule has 0 aliphatic heterocycles. The Kier molecular flexibility index (Phi) is 7.49. The molecule has 3 heteroatoms. The molecule has 3 nitrogen and oxygen atoms in total. The van der Waals surface area contributed by atoms with Crippen molar-refractivity contribution in [1.29, 1.82) is 0 Å². The molecule has 2 heterocycles. The Morgan fingerprint density at radius 2 is 0.982 bits per heavy atom. The molecule has 0 spiro atoms.